The summed E-state index contributed by atoms with van der Waals surface area (Å²) in [6.07, 6.45) is 4.37. The maximum Gasteiger partial charge on any atom is 0.241 e. The van der Waals surface area contributed by atoms with E-state index in [0.29, 0.717) is 30.8 Å². The van der Waals surface area contributed by atoms with Gasteiger partial charge in [0.1, 0.15) is 13.2 Å². The summed E-state index contributed by atoms with van der Waals surface area (Å²) in [5, 5.41) is 0. The average Bonchev–Trinajstić information content (AvgIpc) is 2.97. The van der Waals surface area contributed by atoms with Crippen LogP contribution in [0, 0.1) is 0 Å². The second kappa shape index (κ2) is 5.96. The van der Waals surface area contributed by atoms with Gasteiger partial charge >= 0.3 is 0 Å². The molecular formula is C16H22N2O4S. The third-order valence-corrected chi connectivity index (χ3v) is 6.47. The number of piperidine rings is 1. The van der Waals surface area contributed by atoms with Crippen LogP contribution in [0.25, 0.3) is 0 Å². The van der Waals surface area contributed by atoms with Crippen molar-refractivity contribution in [1.82, 2.24) is 9.62 Å². The Labute approximate surface area is 136 Å². The zero-order chi connectivity index (χ0) is 15.9. The molecule has 2 atom stereocenters. The molecule has 6 nitrogen and oxygen atoms in total. The molecule has 7 heteroatoms. The summed E-state index contributed by atoms with van der Waals surface area (Å²) in [6, 6.07) is 5.17. The molecule has 0 saturated carbocycles. The molecule has 0 aromatic heterocycles. The molecule has 3 heterocycles. The number of nitrogens with one attached hydrogen (secondary N) is 1. The number of hydrogen-bond acceptors (Lipinski definition) is 5. The van der Waals surface area contributed by atoms with Crippen LogP contribution < -0.4 is 14.2 Å². The van der Waals surface area contributed by atoms with Crippen LogP contribution in [-0.4, -0.2) is 51.7 Å². The average molecular weight is 338 g/mol. The van der Waals surface area contributed by atoms with Gasteiger partial charge in [-0.15, -0.1) is 0 Å². The van der Waals surface area contributed by atoms with Crippen molar-refractivity contribution in [2.75, 3.05) is 26.3 Å². The summed E-state index contributed by atoms with van der Waals surface area (Å²) in [6.45, 7) is 3.02. The highest BCUT2D eigenvalue weighted by atomic mass is 32.2. The number of ether oxygens (including phenoxy) is 2. The molecule has 0 bridgehead atoms. The molecule has 0 amide bonds. The minimum atomic E-state index is -3.54. The summed E-state index contributed by atoms with van der Waals surface area (Å²) in [5.74, 6) is 1.11. The Morgan fingerprint density at radius 2 is 1.87 bits per heavy atom. The zero-order valence-electron chi connectivity index (χ0n) is 13.0. The first kappa shape index (κ1) is 15.2. The molecule has 0 spiro atoms. The predicted molar refractivity (Wildman–Crippen MR) is 85.4 cm³/mol. The lowest BCUT2D eigenvalue weighted by atomic mass is 10.00. The summed E-state index contributed by atoms with van der Waals surface area (Å²) in [7, 11) is -3.54. The Kier molecular flexibility index (Phi) is 3.95. The van der Waals surface area contributed by atoms with Crippen molar-refractivity contribution in [3.8, 4) is 11.5 Å². The molecule has 1 N–H and O–H groups in total. The van der Waals surface area contributed by atoms with Gasteiger partial charge in [-0.1, -0.05) is 6.42 Å². The van der Waals surface area contributed by atoms with Gasteiger partial charge in [-0.05, 0) is 37.9 Å². The topological polar surface area (TPSA) is 67.9 Å². The lowest BCUT2D eigenvalue weighted by molar-refractivity contribution is 0.171. The molecule has 126 valence electrons. The molecule has 1 aromatic carbocycles. The molecule has 3 aliphatic rings. The quantitative estimate of drug-likeness (QED) is 0.901. The van der Waals surface area contributed by atoms with Crippen LogP contribution in [0.4, 0.5) is 0 Å². The molecule has 2 fully saturated rings. The maximum absolute atomic E-state index is 12.7. The van der Waals surface area contributed by atoms with E-state index in [1.54, 1.807) is 18.2 Å². The minimum Gasteiger partial charge on any atom is -0.486 e. The van der Waals surface area contributed by atoms with E-state index in [0.717, 1.165) is 25.9 Å². The van der Waals surface area contributed by atoms with Crippen molar-refractivity contribution >= 4 is 10.0 Å². The fourth-order valence-corrected chi connectivity index (χ4v) is 5.16. The lowest BCUT2D eigenvalue weighted by Gasteiger charge is -2.32. The van der Waals surface area contributed by atoms with Gasteiger partial charge in [0.15, 0.2) is 11.5 Å². The number of rotatable bonds is 3. The highest BCUT2D eigenvalue weighted by molar-refractivity contribution is 7.89. The van der Waals surface area contributed by atoms with Crippen LogP contribution in [-0.2, 0) is 10.0 Å². The van der Waals surface area contributed by atoms with Crippen LogP contribution in [0.1, 0.15) is 25.7 Å². The van der Waals surface area contributed by atoms with Crippen molar-refractivity contribution in [2.24, 2.45) is 0 Å². The van der Waals surface area contributed by atoms with Gasteiger partial charge in [-0.3, -0.25) is 4.90 Å². The van der Waals surface area contributed by atoms with E-state index in [9.17, 15) is 8.42 Å². The molecule has 1 aromatic rings. The summed E-state index contributed by atoms with van der Waals surface area (Å²) >= 11 is 0. The van der Waals surface area contributed by atoms with Gasteiger partial charge in [-0.25, -0.2) is 13.1 Å². The Balaban J connectivity index is 1.54. The van der Waals surface area contributed by atoms with Crippen molar-refractivity contribution < 1.29 is 17.9 Å². The normalized spacial score (nSPS) is 27.7. The zero-order valence-corrected chi connectivity index (χ0v) is 13.8. The van der Waals surface area contributed by atoms with Gasteiger partial charge in [0.25, 0.3) is 0 Å². The number of sulfonamides is 1. The number of fused-ring (bicyclic) bond motifs is 2. The van der Waals surface area contributed by atoms with E-state index in [-0.39, 0.29) is 10.9 Å². The molecule has 4 rings (SSSR count). The van der Waals surface area contributed by atoms with Crippen molar-refractivity contribution in [3.05, 3.63) is 18.2 Å². The van der Waals surface area contributed by atoms with E-state index < -0.39 is 10.0 Å². The second-order valence-corrected chi connectivity index (χ2v) is 8.13. The third-order valence-electron chi connectivity index (χ3n) is 4.99. The molecule has 2 saturated heterocycles. The predicted octanol–water partition coefficient (Wildman–Crippen LogP) is 1.36. The first-order valence-corrected chi connectivity index (χ1v) is 9.78. The van der Waals surface area contributed by atoms with E-state index >= 15 is 0 Å². The first-order chi connectivity index (χ1) is 11.1. The molecule has 0 unspecified atom stereocenters. The van der Waals surface area contributed by atoms with Gasteiger partial charge in [0.2, 0.25) is 10.0 Å². The summed E-state index contributed by atoms with van der Waals surface area (Å²) in [4.78, 5) is 2.66. The standard InChI is InChI=1S/C16H22N2O4S/c19-23(20,12-4-5-15-16(11-12)22-10-9-21-15)17-13-6-8-18-7-2-1-3-14(13)18/h4-5,11,13-14,17H,1-3,6-10H2/t13-,14-/m1/s1. The molecule has 0 radical (unpaired) electrons. The highest BCUT2D eigenvalue weighted by Gasteiger charge is 2.37. The van der Waals surface area contributed by atoms with Crippen LogP contribution >= 0.6 is 0 Å². The maximum atomic E-state index is 12.7. The van der Waals surface area contributed by atoms with Gasteiger partial charge in [0, 0.05) is 24.7 Å². The minimum absolute atomic E-state index is 0.00787. The Morgan fingerprint density at radius 1 is 1.04 bits per heavy atom. The third kappa shape index (κ3) is 2.93. The van der Waals surface area contributed by atoms with E-state index in [1.807, 2.05) is 0 Å². The van der Waals surface area contributed by atoms with E-state index in [4.69, 9.17) is 9.47 Å². The van der Waals surface area contributed by atoms with Gasteiger partial charge in [-0.2, -0.15) is 0 Å². The van der Waals surface area contributed by atoms with Crippen molar-refractivity contribution in [1.29, 1.82) is 0 Å². The Morgan fingerprint density at radius 3 is 2.74 bits per heavy atom. The monoisotopic (exact) mass is 338 g/mol. The smallest absolute Gasteiger partial charge is 0.241 e. The number of hydrogen-bond donors (Lipinski definition) is 1. The lowest BCUT2D eigenvalue weighted by Crippen LogP contribution is -2.46. The molecule has 0 aliphatic carbocycles. The summed E-state index contributed by atoms with van der Waals surface area (Å²) in [5.41, 5.74) is 0. The van der Waals surface area contributed by atoms with Crippen molar-refractivity contribution in [2.45, 2.75) is 42.7 Å². The SMILES string of the molecule is O=S(=O)(N[C@@H]1CCN2CCCC[C@H]12)c1ccc2c(c1)OCCO2. The highest BCUT2D eigenvalue weighted by Crippen LogP contribution is 2.33. The Hall–Kier alpha value is -1.31. The molecule has 23 heavy (non-hydrogen) atoms. The molecular weight excluding hydrogens is 316 g/mol. The largest absolute Gasteiger partial charge is 0.486 e. The van der Waals surface area contributed by atoms with Crippen LogP contribution in [0.15, 0.2) is 23.1 Å². The fourth-order valence-electron chi connectivity index (χ4n) is 3.84. The van der Waals surface area contributed by atoms with Crippen molar-refractivity contribution in [3.63, 3.8) is 0 Å². The van der Waals surface area contributed by atoms with E-state index in [2.05, 4.69) is 9.62 Å². The molecule has 3 aliphatic heterocycles. The number of benzene rings is 1. The first-order valence-electron chi connectivity index (χ1n) is 8.29. The summed E-state index contributed by atoms with van der Waals surface area (Å²) < 4.78 is 39.3. The van der Waals surface area contributed by atoms with Gasteiger partial charge < -0.3 is 9.47 Å². The second-order valence-electron chi connectivity index (χ2n) is 6.42. The Bertz CT molecular complexity index is 691. The van der Waals surface area contributed by atoms with Gasteiger partial charge in [0.05, 0.1) is 4.90 Å². The van der Waals surface area contributed by atoms with Crippen LogP contribution in [0.5, 0.6) is 11.5 Å². The van der Waals surface area contributed by atoms with E-state index in [1.165, 1.54) is 12.8 Å². The van der Waals surface area contributed by atoms with Crippen LogP contribution in [0.3, 0.4) is 0 Å². The fraction of sp³-hybridized carbons (Fsp3) is 0.625. The number of nitrogens with zero attached hydrogens (tertiary/aromatic N) is 1. The van der Waals surface area contributed by atoms with Crippen LogP contribution in [0.2, 0.25) is 0 Å².